The molecule has 164 valence electrons. The van der Waals surface area contributed by atoms with Crippen molar-refractivity contribution in [3.8, 4) is 0 Å². The van der Waals surface area contributed by atoms with Gasteiger partial charge in [-0.05, 0) is 35.7 Å². The molecule has 2 aliphatic heterocycles. The molecular weight excluding hydrogens is 418 g/mol. The lowest BCUT2D eigenvalue weighted by molar-refractivity contribution is 0.0383. The van der Waals surface area contributed by atoms with E-state index in [1.54, 1.807) is 6.07 Å². The van der Waals surface area contributed by atoms with Crippen molar-refractivity contribution in [2.45, 2.75) is 19.9 Å². The Kier molecular flexibility index (Phi) is 6.69. The van der Waals surface area contributed by atoms with Crippen LogP contribution >= 0.6 is 11.3 Å². The van der Waals surface area contributed by atoms with E-state index in [9.17, 15) is 14.5 Å². The van der Waals surface area contributed by atoms with Crippen LogP contribution in [0.15, 0.2) is 17.3 Å². The van der Waals surface area contributed by atoms with Crippen LogP contribution in [0.2, 0.25) is 0 Å². The second-order valence-electron chi connectivity index (χ2n) is 7.64. The number of carbonyl (C=O) groups excluding carboxylic acids is 2. The molecule has 0 unspecified atom stereocenters. The number of nitroso groups, excluding NO2 is 1. The maximum Gasteiger partial charge on any atom is 0.263 e. The molecule has 1 fully saturated rings. The Morgan fingerprint density at radius 3 is 2.87 bits per heavy atom. The molecule has 2 aromatic rings. The zero-order valence-corrected chi connectivity index (χ0v) is 18.2. The number of rotatable bonds is 7. The van der Waals surface area contributed by atoms with Gasteiger partial charge in [0.25, 0.3) is 5.91 Å². The summed E-state index contributed by atoms with van der Waals surface area (Å²) in [4.78, 5) is 44.7. The van der Waals surface area contributed by atoms with Crippen LogP contribution in [0.1, 0.15) is 36.9 Å². The van der Waals surface area contributed by atoms with E-state index in [0.29, 0.717) is 48.5 Å². The number of nitrogens with zero attached hydrogens (tertiary/aromatic N) is 4. The molecule has 0 radical (unpaired) electrons. The number of aldehydes is 1. The van der Waals surface area contributed by atoms with Crippen molar-refractivity contribution in [3.63, 3.8) is 0 Å². The molecule has 0 aliphatic carbocycles. The molecule has 1 amide bonds. The lowest BCUT2D eigenvalue weighted by atomic mass is 9.94. The third-order valence-corrected chi connectivity index (χ3v) is 6.94. The summed E-state index contributed by atoms with van der Waals surface area (Å²) in [5.74, 6) is -0.100. The molecule has 3 heterocycles. The Hall–Kier alpha value is -2.69. The highest BCUT2D eigenvalue weighted by atomic mass is 32.1. The number of benzene rings is 1. The summed E-state index contributed by atoms with van der Waals surface area (Å²) in [5, 5.41) is 6.74. The molecule has 2 aliphatic rings. The highest BCUT2D eigenvalue weighted by Crippen LogP contribution is 2.33. The minimum atomic E-state index is -0.100. The second-order valence-corrected chi connectivity index (χ2v) is 8.62. The largest absolute Gasteiger partial charge is 0.379 e. The van der Waals surface area contributed by atoms with Crippen molar-refractivity contribution in [3.05, 3.63) is 44.3 Å². The topological polar surface area (TPSA) is 104 Å². The molecule has 0 atom stereocenters. The number of carbonyl (C=O) groups is 2. The van der Waals surface area contributed by atoms with Crippen LogP contribution in [0.5, 0.6) is 0 Å². The fourth-order valence-corrected chi connectivity index (χ4v) is 5.02. The van der Waals surface area contributed by atoms with E-state index < -0.39 is 0 Å². The summed E-state index contributed by atoms with van der Waals surface area (Å²) in [6, 6.07) is 3.42. The first-order valence-electron chi connectivity index (χ1n) is 10.3. The Labute approximate surface area is 184 Å². The number of hydrogen-bond donors (Lipinski definition) is 1. The molecule has 10 heteroatoms. The van der Waals surface area contributed by atoms with Gasteiger partial charge in [0.05, 0.1) is 18.9 Å². The predicted molar refractivity (Wildman–Crippen MR) is 118 cm³/mol. The van der Waals surface area contributed by atoms with Gasteiger partial charge in [0.2, 0.25) is 0 Å². The summed E-state index contributed by atoms with van der Waals surface area (Å²) < 4.78 is 5.34. The van der Waals surface area contributed by atoms with Crippen LogP contribution in [0.3, 0.4) is 0 Å². The summed E-state index contributed by atoms with van der Waals surface area (Å²) in [7, 11) is 0. The zero-order valence-electron chi connectivity index (χ0n) is 17.4. The molecule has 0 saturated carbocycles. The average molecular weight is 444 g/mol. The molecule has 4 rings (SSSR count). The first kappa shape index (κ1) is 21.5. The van der Waals surface area contributed by atoms with Crippen LogP contribution in [0.25, 0.3) is 0 Å². The lowest BCUT2D eigenvalue weighted by Crippen LogP contribution is -2.41. The Morgan fingerprint density at radius 1 is 1.32 bits per heavy atom. The lowest BCUT2D eigenvalue weighted by Gasteiger charge is -2.29. The number of ether oxygens (including phenoxy) is 1. The molecule has 31 heavy (non-hydrogen) atoms. The van der Waals surface area contributed by atoms with Gasteiger partial charge in [0, 0.05) is 44.8 Å². The normalized spacial score (nSPS) is 16.6. The van der Waals surface area contributed by atoms with Crippen molar-refractivity contribution in [2.75, 3.05) is 50.8 Å². The van der Waals surface area contributed by atoms with Crippen LogP contribution in [-0.4, -0.2) is 68.0 Å². The van der Waals surface area contributed by atoms with Gasteiger partial charge in [0.15, 0.2) is 11.4 Å². The molecule has 1 N–H and O–H groups in total. The molecule has 9 nitrogen and oxygen atoms in total. The van der Waals surface area contributed by atoms with E-state index in [0.717, 1.165) is 49.1 Å². The number of amides is 1. The highest BCUT2D eigenvalue weighted by molar-refractivity contribution is 7.17. The first-order chi connectivity index (χ1) is 15.1. The van der Waals surface area contributed by atoms with Gasteiger partial charge in [-0.2, -0.15) is 0 Å². The van der Waals surface area contributed by atoms with Gasteiger partial charge >= 0.3 is 0 Å². The minimum absolute atomic E-state index is 0.100. The van der Waals surface area contributed by atoms with E-state index in [-0.39, 0.29) is 11.6 Å². The number of nitrogens with one attached hydrogen (secondary N) is 1. The van der Waals surface area contributed by atoms with E-state index >= 15 is 0 Å². The summed E-state index contributed by atoms with van der Waals surface area (Å²) in [5.41, 5.74) is 3.12. The number of anilines is 1. The Bertz CT molecular complexity index is 986. The maximum atomic E-state index is 12.7. The van der Waals surface area contributed by atoms with Crippen molar-refractivity contribution < 1.29 is 14.3 Å². The average Bonchev–Trinajstić information content (AvgIpc) is 3.20. The molecule has 1 saturated heterocycles. The minimum Gasteiger partial charge on any atom is -0.379 e. The van der Waals surface area contributed by atoms with Crippen molar-refractivity contribution in [1.82, 2.24) is 15.2 Å². The molecule has 1 aromatic heterocycles. The molecule has 0 spiro atoms. The Balaban J connectivity index is 1.41. The molecule has 1 aromatic carbocycles. The van der Waals surface area contributed by atoms with E-state index in [2.05, 4.69) is 25.3 Å². The van der Waals surface area contributed by atoms with Crippen LogP contribution in [0, 0.1) is 11.8 Å². The number of hydrogen-bond acceptors (Lipinski definition) is 9. The zero-order chi connectivity index (χ0) is 21.8. The number of aryl methyl sites for hydroxylation is 1. The van der Waals surface area contributed by atoms with Gasteiger partial charge in [-0.3, -0.25) is 14.5 Å². The SMILES string of the molecule is Cc1nc(N2CCc3c(ccc(N=O)c3C=O)C2)sc1C(=O)NCCN1CCOCC1. The van der Waals surface area contributed by atoms with E-state index in [4.69, 9.17) is 4.74 Å². The van der Waals surface area contributed by atoms with E-state index in [1.165, 1.54) is 11.3 Å². The van der Waals surface area contributed by atoms with Gasteiger partial charge in [-0.25, -0.2) is 4.98 Å². The quantitative estimate of drug-likeness (QED) is 0.517. The van der Waals surface area contributed by atoms with Crippen LogP contribution in [-0.2, 0) is 17.7 Å². The highest BCUT2D eigenvalue weighted by Gasteiger charge is 2.25. The van der Waals surface area contributed by atoms with E-state index in [1.807, 2.05) is 13.0 Å². The smallest absolute Gasteiger partial charge is 0.263 e. The van der Waals surface area contributed by atoms with Gasteiger partial charge in [-0.15, -0.1) is 4.91 Å². The third kappa shape index (κ3) is 4.65. The van der Waals surface area contributed by atoms with Crippen molar-refractivity contribution in [1.29, 1.82) is 0 Å². The monoisotopic (exact) mass is 443 g/mol. The summed E-state index contributed by atoms with van der Waals surface area (Å²) >= 11 is 1.38. The summed E-state index contributed by atoms with van der Waals surface area (Å²) in [6.45, 7) is 7.74. The van der Waals surface area contributed by atoms with Crippen molar-refractivity contribution in [2.24, 2.45) is 5.18 Å². The standard InChI is InChI=1S/C21H25N5O4S/c1-14-19(20(28)22-5-7-25-8-10-30-11-9-25)31-21(23-14)26-6-4-16-15(12-26)2-3-18(24-29)17(16)13-27/h2-3,13H,4-12H2,1H3,(H,22,28). The third-order valence-electron chi connectivity index (χ3n) is 5.72. The second kappa shape index (κ2) is 9.63. The van der Waals surface area contributed by atoms with Crippen LogP contribution in [0.4, 0.5) is 10.8 Å². The first-order valence-corrected chi connectivity index (χ1v) is 11.2. The fraction of sp³-hybridized carbons (Fsp3) is 0.476. The number of fused-ring (bicyclic) bond motifs is 1. The van der Waals surface area contributed by atoms with Crippen LogP contribution < -0.4 is 10.2 Å². The fourth-order valence-electron chi connectivity index (χ4n) is 4.01. The number of thiazole rings is 1. The number of morpholine rings is 1. The maximum absolute atomic E-state index is 12.7. The van der Waals surface area contributed by atoms with Gasteiger partial charge in [0.1, 0.15) is 10.6 Å². The van der Waals surface area contributed by atoms with Gasteiger partial charge < -0.3 is 15.0 Å². The predicted octanol–water partition coefficient (Wildman–Crippen LogP) is 2.29. The Morgan fingerprint density at radius 2 is 2.13 bits per heavy atom. The van der Waals surface area contributed by atoms with Gasteiger partial charge in [-0.1, -0.05) is 17.4 Å². The number of aromatic nitrogens is 1. The molecular formula is C21H25N5O4S. The molecule has 0 bridgehead atoms. The summed E-state index contributed by atoms with van der Waals surface area (Å²) in [6.07, 6.45) is 1.32. The van der Waals surface area contributed by atoms with Crippen molar-refractivity contribution >= 4 is 34.3 Å².